The van der Waals surface area contributed by atoms with Crippen molar-refractivity contribution in [2.45, 2.75) is 7.85 Å². The molecule has 0 aromatic heterocycles. The van der Waals surface area contributed by atoms with Crippen LogP contribution in [0.25, 0.3) is 0 Å². The maximum absolute atomic E-state index is 12.7. The Labute approximate surface area is 93.4 Å². The second-order valence-electron chi connectivity index (χ2n) is 2.13. The highest BCUT2D eigenvalue weighted by atomic mass is 127. The van der Waals surface area contributed by atoms with Crippen LogP contribution in [-0.2, 0) is 0 Å². The molecule has 0 saturated carbocycles. The first kappa shape index (κ1) is 10.7. The molecule has 2 unspecified atom stereocenters. The Morgan fingerprint density at radius 2 is 1.00 bits per heavy atom. The largest absolute Gasteiger partial charge is 0.207 e. The third-order valence-corrected chi connectivity index (χ3v) is 5.26. The number of rotatable bonds is 0. The number of halogens is 6. The van der Waals surface area contributed by atoms with Gasteiger partial charge in [-0.15, -0.1) is 0 Å². The molecule has 68 valence electrons. The van der Waals surface area contributed by atoms with Crippen LogP contribution >= 0.6 is 45.2 Å². The van der Waals surface area contributed by atoms with Gasteiger partial charge < -0.3 is 0 Å². The molecular weight excluding hydrogens is 402 g/mol. The highest BCUT2D eigenvalue weighted by Crippen LogP contribution is 2.41. The van der Waals surface area contributed by atoms with Crippen molar-refractivity contribution in [3.05, 3.63) is 23.3 Å². The molecule has 0 aromatic carbocycles. The molecule has 0 spiro atoms. The first-order valence-electron chi connectivity index (χ1n) is 2.85. The van der Waals surface area contributed by atoms with Crippen LogP contribution in [0, 0.1) is 0 Å². The second-order valence-corrected chi connectivity index (χ2v) is 4.81. The maximum atomic E-state index is 12.7. The Bertz CT molecular complexity index is 243. The standard InChI is InChI=1S/C6H2F4I2/c7-1-2(8)4(10)6(12)5(11)3(1)9/h5-6H. The highest BCUT2D eigenvalue weighted by molar-refractivity contribution is 14.1. The lowest BCUT2D eigenvalue weighted by Gasteiger charge is -2.18. The van der Waals surface area contributed by atoms with E-state index in [0.29, 0.717) is 0 Å². The quantitative estimate of drug-likeness (QED) is 0.327. The molecule has 0 amide bonds. The molecule has 0 aromatic rings. The topological polar surface area (TPSA) is 0 Å². The van der Waals surface area contributed by atoms with Crippen molar-refractivity contribution in [1.29, 1.82) is 0 Å². The summed E-state index contributed by atoms with van der Waals surface area (Å²) >= 11 is 3.06. The molecule has 1 aliphatic carbocycles. The van der Waals surface area contributed by atoms with Gasteiger partial charge in [-0.05, 0) is 0 Å². The molecule has 2 atom stereocenters. The molecule has 0 nitrogen and oxygen atoms in total. The van der Waals surface area contributed by atoms with Crippen molar-refractivity contribution in [3.63, 3.8) is 0 Å². The van der Waals surface area contributed by atoms with E-state index in [2.05, 4.69) is 0 Å². The first-order chi connectivity index (χ1) is 5.46. The van der Waals surface area contributed by atoms with E-state index in [9.17, 15) is 17.6 Å². The summed E-state index contributed by atoms with van der Waals surface area (Å²) in [6.45, 7) is 0. The van der Waals surface area contributed by atoms with E-state index in [1.54, 1.807) is 0 Å². The zero-order valence-electron chi connectivity index (χ0n) is 5.42. The summed E-state index contributed by atoms with van der Waals surface area (Å²) in [7, 11) is 0. The van der Waals surface area contributed by atoms with Crippen LogP contribution in [0.3, 0.4) is 0 Å². The third-order valence-electron chi connectivity index (χ3n) is 1.35. The van der Waals surface area contributed by atoms with Crippen molar-refractivity contribution in [2.75, 3.05) is 0 Å². The van der Waals surface area contributed by atoms with Gasteiger partial charge >= 0.3 is 0 Å². The van der Waals surface area contributed by atoms with Gasteiger partial charge in [0.2, 0.25) is 0 Å². The van der Waals surface area contributed by atoms with Crippen LogP contribution in [-0.4, -0.2) is 7.85 Å². The highest BCUT2D eigenvalue weighted by Gasteiger charge is 2.36. The predicted octanol–water partition coefficient (Wildman–Crippen LogP) is 3.91. The molecule has 12 heavy (non-hydrogen) atoms. The van der Waals surface area contributed by atoms with Gasteiger partial charge in [0.05, 0.1) is 7.85 Å². The van der Waals surface area contributed by atoms with E-state index < -0.39 is 31.2 Å². The molecule has 0 fully saturated rings. The lowest BCUT2D eigenvalue weighted by atomic mass is 10.1. The van der Waals surface area contributed by atoms with Gasteiger partial charge in [0, 0.05) is 0 Å². The molecule has 0 N–H and O–H groups in total. The maximum Gasteiger partial charge on any atom is 0.194 e. The van der Waals surface area contributed by atoms with E-state index in [0.717, 1.165) is 0 Å². The summed E-state index contributed by atoms with van der Waals surface area (Å²) in [6.07, 6.45) is 0. The Morgan fingerprint density at radius 1 is 0.750 bits per heavy atom. The fourth-order valence-electron chi connectivity index (χ4n) is 0.709. The van der Waals surface area contributed by atoms with E-state index in [1.807, 2.05) is 0 Å². The van der Waals surface area contributed by atoms with Gasteiger partial charge in [0.1, 0.15) is 0 Å². The minimum Gasteiger partial charge on any atom is -0.207 e. The SMILES string of the molecule is FC1=C(F)C(I)C(I)C(F)=C1F. The summed E-state index contributed by atoms with van der Waals surface area (Å²) in [4.78, 5) is 0. The zero-order chi connectivity index (χ0) is 9.46. The molecule has 0 saturated heterocycles. The van der Waals surface area contributed by atoms with Gasteiger partial charge in [-0.1, -0.05) is 45.2 Å². The van der Waals surface area contributed by atoms with Gasteiger partial charge in [-0.2, -0.15) is 0 Å². The van der Waals surface area contributed by atoms with E-state index >= 15 is 0 Å². The van der Waals surface area contributed by atoms with Crippen molar-refractivity contribution in [2.24, 2.45) is 0 Å². The van der Waals surface area contributed by atoms with Gasteiger partial charge in [-0.25, -0.2) is 17.6 Å². The predicted molar refractivity (Wildman–Crippen MR) is 54.1 cm³/mol. The Hall–Kier alpha value is 0.660. The zero-order valence-corrected chi connectivity index (χ0v) is 9.74. The minimum atomic E-state index is -1.71. The fraction of sp³-hybridized carbons (Fsp3) is 0.333. The molecular formula is C6H2F4I2. The summed E-state index contributed by atoms with van der Waals surface area (Å²) in [6, 6.07) is 0. The number of hydrogen-bond acceptors (Lipinski definition) is 0. The van der Waals surface area contributed by atoms with Crippen LogP contribution in [0.1, 0.15) is 0 Å². The smallest absolute Gasteiger partial charge is 0.194 e. The van der Waals surface area contributed by atoms with Crippen LogP contribution < -0.4 is 0 Å². The summed E-state index contributed by atoms with van der Waals surface area (Å²) in [5.41, 5.74) is 0. The average molecular weight is 404 g/mol. The molecule has 0 aliphatic heterocycles. The number of allylic oxidation sites excluding steroid dienone is 4. The average Bonchev–Trinajstić information content (AvgIpc) is 2.08. The monoisotopic (exact) mass is 404 g/mol. The molecule has 0 heterocycles. The molecule has 6 heteroatoms. The van der Waals surface area contributed by atoms with E-state index in [4.69, 9.17) is 0 Å². The Kier molecular flexibility index (Phi) is 3.41. The van der Waals surface area contributed by atoms with Crippen LogP contribution in [0.2, 0.25) is 0 Å². The Balaban J connectivity index is 3.18. The first-order valence-corrected chi connectivity index (χ1v) is 5.34. The second kappa shape index (κ2) is 3.81. The molecule has 1 aliphatic rings. The molecule has 0 radical (unpaired) electrons. The number of alkyl halides is 2. The lowest BCUT2D eigenvalue weighted by Crippen LogP contribution is -2.21. The van der Waals surface area contributed by atoms with Crippen LogP contribution in [0.15, 0.2) is 23.3 Å². The fourth-order valence-corrected chi connectivity index (χ4v) is 1.89. The summed E-state index contributed by atoms with van der Waals surface area (Å²) in [5, 5.41) is 0. The van der Waals surface area contributed by atoms with E-state index in [-0.39, 0.29) is 0 Å². The summed E-state index contributed by atoms with van der Waals surface area (Å²) < 4.78 is 48.4. The third kappa shape index (κ3) is 1.64. The van der Waals surface area contributed by atoms with E-state index in [1.165, 1.54) is 45.2 Å². The minimum absolute atomic E-state index is 0.970. The van der Waals surface area contributed by atoms with Crippen molar-refractivity contribution < 1.29 is 17.6 Å². The molecule has 1 rings (SSSR count). The number of hydrogen-bond donors (Lipinski definition) is 0. The Morgan fingerprint density at radius 3 is 1.25 bits per heavy atom. The summed E-state index contributed by atoms with van der Waals surface area (Å²) in [5.74, 6) is -5.87. The van der Waals surface area contributed by atoms with Crippen molar-refractivity contribution in [1.82, 2.24) is 0 Å². The van der Waals surface area contributed by atoms with Crippen molar-refractivity contribution in [3.8, 4) is 0 Å². The van der Waals surface area contributed by atoms with Crippen LogP contribution in [0.5, 0.6) is 0 Å². The molecule has 0 bridgehead atoms. The van der Waals surface area contributed by atoms with Gasteiger partial charge in [-0.3, -0.25) is 0 Å². The lowest BCUT2D eigenvalue weighted by molar-refractivity contribution is 0.427. The van der Waals surface area contributed by atoms with Gasteiger partial charge in [0.15, 0.2) is 23.3 Å². The van der Waals surface area contributed by atoms with Crippen LogP contribution in [0.4, 0.5) is 17.6 Å². The van der Waals surface area contributed by atoms with Crippen molar-refractivity contribution >= 4 is 45.2 Å². The normalized spacial score (nSPS) is 31.5. The van der Waals surface area contributed by atoms with Gasteiger partial charge in [0.25, 0.3) is 0 Å².